The maximum atomic E-state index is 5.67. The summed E-state index contributed by atoms with van der Waals surface area (Å²) in [6.45, 7) is 4.17. The molecule has 2 aromatic rings. The zero-order valence-corrected chi connectivity index (χ0v) is 10.2. The monoisotopic (exact) mass is 232 g/mol. The van der Waals surface area contributed by atoms with Gasteiger partial charge < -0.3 is 11.5 Å². The Balaban J connectivity index is 2.59. The second-order valence-electron chi connectivity index (χ2n) is 4.29. The van der Waals surface area contributed by atoms with Crippen molar-refractivity contribution < 1.29 is 0 Å². The van der Waals surface area contributed by atoms with Crippen molar-refractivity contribution in [1.29, 1.82) is 0 Å². The molecule has 0 aliphatic carbocycles. The van der Waals surface area contributed by atoms with E-state index in [2.05, 4.69) is 28.9 Å². The van der Waals surface area contributed by atoms with Gasteiger partial charge in [0.25, 0.3) is 0 Å². The van der Waals surface area contributed by atoms with E-state index >= 15 is 0 Å². The number of anilines is 2. The number of nitrogens with zero attached hydrogens (tertiary/aromatic N) is 4. The summed E-state index contributed by atoms with van der Waals surface area (Å²) in [5.41, 5.74) is 13.9. The van der Waals surface area contributed by atoms with Crippen LogP contribution in [0.4, 0.5) is 11.8 Å². The molecular weight excluding hydrogens is 216 g/mol. The van der Waals surface area contributed by atoms with Gasteiger partial charge in [-0.05, 0) is 5.92 Å². The lowest BCUT2D eigenvalue weighted by Gasteiger charge is -2.05. The third-order valence-corrected chi connectivity index (χ3v) is 2.44. The molecule has 0 aliphatic heterocycles. The molecule has 0 aromatic carbocycles. The lowest BCUT2D eigenvalue weighted by Crippen LogP contribution is -2.01. The van der Waals surface area contributed by atoms with Crippen LogP contribution < -0.4 is 11.5 Å². The molecule has 2 aromatic heterocycles. The fourth-order valence-corrected chi connectivity index (χ4v) is 1.75. The Morgan fingerprint density at radius 2 is 1.94 bits per heavy atom. The molecule has 0 saturated heterocycles. The number of nitrogen functional groups attached to an aromatic ring is 2. The largest absolute Gasteiger partial charge is 0.384 e. The fraction of sp³-hybridized carbons (Fsp3) is 0.364. The van der Waals surface area contributed by atoms with E-state index in [1.807, 2.05) is 13.2 Å². The van der Waals surface area contributed by atoms with Crippen molar-refractivity contribution in [2.24, 2.45) is 7.05 Å². The van der Waals surface area contributed by atoms with Crippen LogP contribution >= 0.6 is 0 Å². The van der Waals surface area contributed by atoms with Crippen molar-refractivity contribution in [3.05, 3.63) is 18.0 Å². The van der Waals surface area contributed by atoms with Gasteiger partial charge in [0.15, 0.2) is 0 Å². The summed E-state index contributed by atoms with van der Waals surface area (Å²) in [5.74, 6) is 0.855. The Kier molecular flexibility index (Phi) is 2.71. The average molecular weight is 232 g/mol. The Morgan fingerprint density at radius 3 is 2.53 bits per heavy atom. The lowest BCUT2D eigenvalue weighted by molar-refractivity contribution is 0.713. The van der Waals surface area contributed by atoms with Crippen molar-refractivity contribution >= 4 is 11.8 Å². The standard InChI is InChI=1S/C11H16N6/c1-6(2)10-7(5-17(3)16-10)8-4-9(12)15-11(13)14-8/h4-6H,1-3H3,(H4,12,13,14,15). The van der Waals surface area contributed by atoms with E-state index in [-0.39, 0.29) is 5.95 Å². The second-order valence-corrected chi connectivity index (χ2v) is 4.29. The van der Waals surface area contributed by atoms with Crippen molar-refractivity contribution in [3.63, 3.8) is 0 Å². The summed E-state index contributed by atoms with van der Waals surface area (Å²) in [7, 11) is 1.88. The predicted molar refractivity (Wildman–Crippen MR) is 67.1 cm³/mol. The highest BCUT2D eigenvalue weighted by Crippen LogP contribution is 2.27. The molecule has 2 heterocycles. The van der Waals surface area contributed by atoms with Gasteiger partial charge in [0.2, 0.25) is 5.95 Å². The zero-order valence-electron chi connectivity index (χ0n) is 10.2. The van der Waals surface area contributed by atoms with E-state index in [0.717, 1.165) is 11.3 Å². The van der Waals surface area contributed by atoms with E-state index in [1.54, 1.807) is 10.7 Å². The summed E-state index contributed by atoms with van der Waals surface area (Å²) in [6.07, 6.45) is 1.91. The Hall–Kier alpha value is -2.11. The van der Waals surface area contributed by atoms with Gasteiger partial charge in [-0.2, -0.15) is 10.1 Å². The van der Waals surface area contributed by atoms with Gasteiger partial charge >= 0.3 is 0 Å². The SMILES string of the molecule is CC(C)c1nn(C)cc1-c1cc(N)nc(N)n1. The number of aryl methyl sites for hydroxylation is 1. The molecule has 0 spiro atoms. The molecule has 0 radical (unpaired) electrons. The molecule has 0 bridgehead atoms. The predicted octanol–water partition coefficient (Wildman–Crippen LogP) is 1.16. The molecular formula is C11H16N6. The number of aromatic nitrogens is 4. The van der Waals surface area contributed by atoms with Gasteiger partial charge in [0.05, 0.1) is 11.4 Å². The molecule has 17 heavy (non-hydrogen) atoms. The third-order valence-electron chi connectivity index (χ3n) is 2.44. The molecule has 0 aliphatic rings. The summed E-state index contributed by atoms with van der Waals surface area (Å²) < 4.78 is 1.76. The fourth-order valence-electron chi connectivity index (χ4n) is 1.75. The quantitative estimate of drug-likeness (QED) is 0.810. The van der Waals surface area contributed by atoms with E-state index in [0.29, 0.717) is 17.4 Å². The van der Waals surface area contributed by atoms with Crippen LogP contribution in [0.15, 0.2) is 12.3 Å². The molecule has 6 heteroatoms. The van der Waals surface area contributed by atoms with Crippen molar-refractivity contribution in [2.45, 2.75) is 19.8 Å². The molecule has 0 atom stereocenters. The first-order valence-corrected chi connectivity index (χ1v) is 5.41. The lowest BCUT2D eigenvalue weighted by atomic mass is 10.0. The molecule has 0 unspecified atom stereocenters. The van der Waals surface area contributed by atoms with E-state index in [4.69, 9.17) is 11.5 Å². The van der Waals surface area contributed by atoms with Crippen LogP contribution in [0.3, 0.4) is 0 Å². The van der Waals surface area contributed by atoms with Gasteiger partial charge in [0.1, 0.15) is 5.82 Å². The molecule has 0 amide bonds. The minimum Gasteiger partial charge on any atom is -0.384 e. The average Bonchev–Trinajstić information content (AvgIpc) is 2.59. The summed E-state index contributed by atoms with van der Waals surface area (Å²) in [4.78, 5) is 8.05. The maximum absolute atomic E-state index is 5.67. The highest BCUT2D eigenvalue weighted by atomic mass is 15.3. The van der Waals surface area contributed by atoms with Gasteiger partial charge in [-0.25, -0.2) is 4.98 Å². The molecule has 4 N–H and O–H groups in total. The normalized spacial score (nSPS) is 11.1. The van der Waals surface area contributed by atoms with Gasteiger partial charge in [-0.1, -0.05) is 13.8 Å². The van der Waals surface area contributed by atoms with E-state index in [9.17, 15) is 0 Å². The van der Waals surface area contributed by atoms with Gasteiger partial charge in [-0.3, -0.25) is 4.68 Å². The topological polar surface area (TPSA) is 95.6 Å². The maximum Gasteiger partial charge on any atom is 0.222 e. The van der Waals surface area contributed by atoms with E-state index < -0.39 is 0 Å². The number of nitrogens with two attached hydrogens (primary N) is 2. The first-order chi connectivity index (χ1) is 7.97. The van der Waals surface area contributed by atoms with Crippen LogP contribution in [0.2, 0.25) is 0 Å². The van der Waals surface area contributed by atoms with Crippen LogP contribution in [-0.4, -0.2) is 19.7 Å². The number of hydrogen-bond donors (Lipinski definition) is 2. The van der Waals surface area contributed by atoms with Gasteiger partial charge in [0, 0.05) is 24.9 Å². The van der Waals surface area contributed by atoms with E-state index in [1.165, 1.54) is 0 Å². The summed E-state index contributed by atoms with van der Waals surface area (Å²) >= 11 is 0. The molecule has 0 saturated carbocycles. The van der Waals surface area contributed by atoms with Crippen LogP contribution in [0.1, 0.15) is 25.5 Å². The Morgan fingerprint density at radius 1 is 1.24 bits per heavy atom. The molecule has 0 fully saturated rings. The van der Waals surface area contributed by atoms with Crippen LogP contribution in [0.5, 0.6) is 0 Å². The molecule has 90 valence electrons. The Labute approximate surface area is 99.7 Å². The molecule has 6 nitrogen and oxygen atoms in total. The molecule has 2 rings (SSSR count). The van der Waals surface area contributed by atoms with Crippen molar-refractivity contribution in [1.82, 2.24) is 19.7 Å². The third kappa shape index (κ3) is 2.20. The smallest absolute Gasteiger partial charge is 0.222 e. The minimum absolute atomic E-state index is 0.179. The van der Waals surface area contributed by atoms with Crippen molar-refractivity contribution in [3.8, 4) is 11.3 Å². The van der Waals surface area contributed by atoms with Gasteiger partial charge in [-0.15, -0.1) is 0 Å². The number of rotatable bonds is 2. The first-order valence-electron chi connectivity index (χ1n) is 5.41. The minimum atomic E-state index is 0.179. The van der Waals surface area contributed by atoms with Crippen LogP contribution in [0.25, 0.3) is 11.3 Å². The summed E-state index contributed by atoms with van der Waals surface area (Å²) in [5, 5.41) is 4.42. The number of hydrogen-bond acceptors (Lipinski definition) is 5. The van der Waals surface area contributed by atoms with Crippen LogP contribution in [-0.2, 0) is 7.05 Å². The van der Waals surface area contributed by atoms with Crippen LogP contribution in [0, 0.1) is 0 Å². The zero-order chi connectivity index (χ0) is 12.6. The summed E-state index contributed by atoms with van der Waals surface area (Å²) in [6, 6.07) is 1.71. The highest BCUT2D eigenvalue weighted by Gasteiger charge is 2.15. The van der Waals surface area contributed by atoms with Crippen molar-refractivity contribution in [2.75, 3.05) is 11.5 Å². The highest BCUT2D eigenvalue weighted by molar-refractivity contribution is 5.65. The Bertz CT molecular complexity index is 523. The first kappa shape index (κ1) is 11.4. The second kappa shape index (κ2) is 4.04.